The van der Waals surface area contributed by atoms with E-state index in [2.05, 4.69) is 6.92 Å². The molecule has 0 aromatic carbocycles. The zero-order chi connectivity index (χ0) is 12.0. The third-order valence-electron chi connectivity index (χ3n) is 2.20. The number of Topliss-reactive ketones (excluding diaryl/α,β-unsaturated/α-hetero) is 1. The second kappa shape index (κ2) is 6.43. The van der Waals surface area contributed by atoms with Gasteiger partial charge in [0.1, 0.15) is 0 Å². The quantitative estimate of drug-likeness (QED) is 0.567. The second-order valence-electron chi connectivity index (χ2n) is 3.40. The molecule has 0 unspecified atom stereocenters. The smallest absolute Gasteiger partial charge is 0.306 e. The van der Waals surface area contributed by atoms with Gasteiger partial charge in [-0.3, -0.25) is 9.59 Å². The highest BCUT2D eigenvalue weighted by molar-refractivity contribution is 7.12. The zero-order valence-corrected chi connectivity index (χ0v) is 10.4. The van der Waals surface area contributed by atoms with Crippen molar-refractivity contribution < 1.29 is 14.3 Å². The van der Waals surface area contributed by atoms with Crippen molar-refractivity contribution in [3.63, 3.8) is 0 Å². The molecule has 0 aliphatic carbocycles. The van der Waals surface area contributed by atoms with E-state index in [1.54, 1.807) is 6.92 Å². The molecule has 3 nitrogen and oxygen atoms in total. The molecule has 0 amide bonds. The van der Waals surface area contributed by atoms with Crippen LogP contribution in [0.2, 0.25) is 0 Å². The van der Waals surface area contributed by atoms with E-state index in [1.807, 2.05) is 11.4 Å². The van der Waals surface area contributed by atoms with Gasteiger partial charge in [0.15, 0.2) is 5.78 Å². The molecule has 1 rings (SSSR count). The Bertz CT molecular complexity index is 368. The first-order valence-corrected chi connectivity index (χ1v) is 6.31. The normalized spacial score (nSPS) is 10.1. The van der Waals surface area contributed by atoms with Gasteiger partial charge >= 0.3 is 5.97 Å². The van der Waals surface area contributed by atoms with Gasteiger partial charge in [-0.15, -0.1) is 11.3 Å². The molecule has 1 aromatic heterocycles. The van der Waals surface area contributed by atoms with Gasteiger partial charge in [-0.05, 0) is 30.4 Å². The van der Waals surface area contributed by atoms with Crippen LogP contribution in [-0.2, 0) is 16.0 Å². The number of rotatable bonds is 6. The minimum atomic E-state index is -0.303. The predicted molar refractivity (Wildman–Crippen MR) is 63.9 cm³/mol. The van der Waals surface area contributed by atoms with E-state index in [0.717, 1.165) is 11.3 Å². The lowest BCUT2D eigenvalue weighted by molar-refractivity contribution is -0.143. The molecule has 0 atom stereocenters. The van der Waals surface area contributed by atoms with Crippen LogP contribution >= 0.6 is 11.3 Å². The Morgan fingerprint density at radius 1 is 1.31 bits per heavy atom. The fourth-order valence-corrected chi connectivity index (χ4v) is 2.25. The molecular formula is C12H16O3S. The summed E-state index contributed by atoms with van der Waals surface area (Å²) in [5, 5.41) is 1.98. The predicted octanol–water partition coefficient (Wildman–Crippen LogP) is 2.84. The Hall–Kier alpha value is -1.16. The summed E-state index contributed by atoms with van der Waals surface area (Å²) in [7, 11) is 0. The van der Waals surface area contributed by atoms with E-state index in [-0.39, 0.29) is 24.6 Å². The van der Waals surface area contributed by atoms with Crippen molar-refractivity contribution in [2.45, 2.75) is 33.1 Å². The molecule has 0 aliphatic rings. The van der Waals surface area contributed by atoms with Crippen LogP contribution in [0.15, 0.2) is 11.4 Å². The van der Waals surface area contributed by atoms with Crippen molar-refractivity contribution in [1.82, 2.24) is 0 Å². The molecule has 0 saturated carbocycles. The standard InChI is InChI=1S/C12H16O3S/c1-3-9-7-11(16-8-9)10(13)5-6-12(14)15-4-2/h7-8H,3-6H2,1-2H3. The van der Waals surface area contributed by atoms with Crippen LogP contribution in [0.25, 0.3) is 0 Å². The Balaban J connectivity index is 2.43. The number of esters is 1. The van der Waals surface area contributed by atoms with Crippen LogP contribution in [0.5, 0.6) is 0 Å². The molecule has 16 heavy (non-hydrogen) atoms. The van der Waals surface area contributed by atoms with E-state index in [1.165, 1.54) is 16.9 Å². The molecule has 0 radical (unpaired) electrons. The summed E-state index contributed by atoms with van der Waals surface area (Å²) in [5.74, 6) is -0.277. The maximum Gasteiger partial charge on any atom is 0.306 e. The van der Waals surface area contributed by atoms with E-state index in [0.29, 0.717) is 6.61 Å². The molecule has 4 heteroatoms. The van der Waals surface area contributed by atoms with E-state index >= 15 is 0 Å². The molecule has 1 aromatic rings. The molecule has 0 aliphatic heterocycles. The molecule has 0 spiro atoms. The van der Waals surface area contributed by atoms with Gasteiger partial charge in [0.25, 0.3) is 0 Å². The average Bonchev–Trinajstić information content (AvgIpc) is 2.75. The summed E-state index contributed by atoms with van der Waals surface area (Å²) in [6.45, 7) is 4.17. The Morgan fingerprint density at radius 2 is 2.06 bits per heavy atom. The monoisotopic (exact) mass is 240 g/mol. The summed E-state index contributed by atoms with van der Waals surface area (Å²) in [6.07, 6.45) is 1.34. The van der Waals surface area contributed by atoms with Crippen LogP contribution in [0.3, 0.4) is 0 Å². The van der Waals surface area contributed by atoms with Crippen LogP contribution in [0, 0.1) is 0 Å². The molecular weight excluding hydrogens is 224 g/mol. The first-order valence-electron chi connectivity index (χ1n) is 5.43. The topological polar surface area (TPSA) is 43.4 Å². The lowest BCUT2D eigenvalue weighted by Gasteiger charge is -1.99. The van der Waals surface area contributed by atoms with Gasteiger partial charge in [-0.1, -0.05) is 6.92 Å². The van der Waals surface area contributed by atoms with Gasteiger partial charge in [-0.25, -0.2) is 0 Å². The van der Waals surface area contributed by atoms with Crippen molar-refractivity contribution >= 4 is 23.1 Å². The lowest BCUT2D eigenvalue weighted by atomic mass is 10.1. The average molecular weight is 240 g/mol. The summed E-state index contributed by atoms with van der Waals surface area (Å²) >= 11 is 1.45. The van der Waals surface area contributed by atoms with Gasteiger partial charge < -0.3 is 4.74 Å². The van der Waals surface area contributed by atoms with E-state index in [9.17, 15) is 9.59 Å². The summed E-state index contributed by atoms with van der Waals surface area (Å²) in [4.78, 5) is 23.5. The van der Waals surface area contributed by atoms with Gasteiger partial charge in [0.05, 0.1) is 17.9 Å². The van der Waals surface area contributed by atoms with E-state index in [4.69, 9.17) is 4.74 Å². The number of ether oxygens (including phenoxy) is 1. The number of carbonyl (C=O) groups excluding carboxylic acids is 2. The van der Waals surface area contributed by atoms with Gasteiger partial charge in [0.2, 0.25) is 0 Å². The maximum atomic E-state index is 11.7. The zero-order valence-electron chi connectivity index (χ0n) is 9.62. The third-order valence-corrected chi connectivity index (χ3v) is 3.22. The van der Waals surface area contributed by atoms with Crippen LogP contribution < -0.4 is 0 Å². The van der Waals surface area contributed by atoms with Gasteiger partial charge in [-0.2, -0.15) is 0 Å². The number of ketones is 1. The SMILES string of the molecule is CCOC(=O)CCC(=O)c1cc(CC)cs1. The number of hydrogen-bond acceptors (Lipinski definition) is 4. The molecule has 88 valence electrons. The Labute approximate surface area is 99.4 Å². The van der Waals surface area contributed by atoms with Gasteiger partial charge in [0, 0.05) is 6.42 Å². The highest BCUT2D eigenvalue weighted by atomic mass is 32.1. The highest BCUT2D eigenvalue weighted by Crippen LogP contribution is 2.17. The van der Waals surface area contributed by atoms with E-state index < -0.39 is 0 Å². The highest BCUT2D eigenvalue weighted by Gasteiger charge is 2.11. The number of carbonyl (C=O) groups is 2. The summed E-state index contributed by atoms with van der Waals surface area (Å²) in [5.41, 5.74) is 1.17. The first kappa shape index (κ1) is 12.9. The third kappa shape index (κ3) is 3.77. The van der Waals surface area contributed by atoms with Crippen LogP contribution in [0.4, 0.5) is 0 Å². The molecule has 0 bridgehead atoms. The van der Waals surface area contributed by atoms with Crippen molar-refractivity contribution in [3.8, 4) is 0 Å². The molecule has 0 saturated heterocycles. The lowest BCUT2D eigenvalue weighted by Crippen LogP contribution is -2.07. The van der Waals surface area contributed by atoms with Crippen LogP contribution in [-0.4, -0.2) is 18.4 Å². The fraction of sp³-hybridized carbons (Fsp3) is 0.500. The molecule has 0 N–H and O–H groups in total. The summed E-state index contributed by atoms with van der Waals surface area (Å²) in [6, 6.07) is 1.90. The van der Waals surface area contributed by atoms with Crippen LogP contribution in [0.1, 0.15) is 41.9 Å². The fourth-order valence-electron chi connectivity index (χ4n) is 1.28. The maximum absolute atomic E-state index is 11.7. The van der Waals surface area contributed by atoms with Crippen molar-refractivity contribution in [2.75, 3.05) is 6.61 Å². The van der Waals surface area contributed by atoms with Crippen molar-refractivity contribution in [3.05, 3.63) is 21.9 Å². The van der Waals surface area contributed by atoms with Crippen molar-refractivity contribution in [2.24, 2.45) is 0 Å². The molecule has 0 fully saturated rings. The minimum Gasteiger partial charge on any atom is -0.466 e. The molecule has 1 heterocycles. The first-order chi connectivity index (χ1) is 7.67. The number of hydrogen-bond donors (Lipinski definition) is 0. The second-order valence-corrected chi connectivity index (χ2v) is 4.31. The summed E-state index contributed by atoms with van der Waals surface area (Å²) < 4.78 is 4.77. The Morgan fingerprint density at radius 3 is 2.62 bits per heavy atom. The number of thiophene rings is 1. The number of aryl methyl sites for hydroxylation is 1. The Kier molecular flexibility index (Phi) is 5.19. The largest absolute Gasteiger partial charge is 0.466 e. The minimum absolute atomic E-state index is 0.0257. The van der Waals surface area contributed by atoms with Crippen molar-refractivity contribution in [1.29, 1.82) is 0 Å².